The number of nitrogens with one attached hydrogen (secondary N) is 2. The molecular weight excluding hydrogens is 202 g/mol. The van der Waals surface area contributed by atoms with Crippen molar-refractivity contribution < 1.29 is 0 Å². The average molecular weight is 221 g/mol. The van der Waals surface area contributed by atoms with Crippen LogP contribution < -0.4 is 10.9 Å². The van der Waals surface area contributed by atoms with Gasteiger partial charge in [0.2, 0.25) is 0 Å². The van der Waals surface area contributed by atoms with Gasteiger partial charge in [-0.1, -0.05) is 0 Å². The molecule has 1 saturated heterocycles. The average Bonchev–Trinajstić information content (AvgIpc) is 2.90. The highest BCUT2D eigenvalue weighted by molar-refractivity contribution is 5.20. The predicted octanol–water partition coefficient (Wildman–Crippen LogP) is 0.665. The van der Waals surface area contributed by atoms with E-state index in [4.69, 9.17) is 0 Å². The van der Waals surface area contributed by atoms with Gasteiger partial charge in [0.1, 0.15) is 0 Å². The SMILES string of the molecule is O=c1c2c([nH]n1CC1CCNC1)CCCC2. The van der Waals surface area contributed by atoms with Crippen molar-refractivity contribution in [3.63, 3.8) is 0 Å². The molecule has 1 aromatic rings. The summed E-state index contributed by atoms with van der Waals surface area (Å²) in [6, 6.07) is 0. The van der Waals surface area contributed by atoms with Gasteiger partial charge in [-0.2, -0.15) is 0 Å². The third-order valence-electron chi connectivity index (χ3n) is 3.84. The zero-order valence-electron chi connectivity index (χ0n) is 9.59. The third kappa shape index (κ3) is 1.71. The molecule has 1 unspecified atom stereocenters. The van der Waals surface area contributed by atoms with Crippen molar-refractivity contribution in [2.75, 3.05) is 13.1 Å². The molecule has 1 aliphatic heterocycles. The van der Waals surface area contributed by atoms with E-state index in [9.17, 15) is 4.79 Å². The number of rotatable bonds is 2. The molecule has 1 fully saturated rings. The van der Waals surface area contributed by atoms with Gasteiger partial charge in [0.15, 0.2) is 0 Å². The maximum Gasteiger partial charge on any atom is 0.269 e. The Morgan fingerprint density at radius 3 is 2.94 bits per heavy atom. The second-order valence-electron chi connectivity index (χ2n) is 5.05. The minimum atomic E-state index is 0.238. The molecule has 4 nitrogen and oxygen atoms in total. The van der Waals surface area contributed by atoms with Crippen LogP contribution in [0.4, 0.5) is 0 Å². The highest BCUT2D eigenvalue weighted by Crippen LogP contribution is 2.17. The van der Waals surface area contributed by atoms with Gasteiger partial charge in [0.25, 0.3) is 5.56 Å². The van der Waals surface area contributed by atoms with E-state index in [1.165, 1.54) is 25.0 Å². The predicted molar refractivity (Wildman–Crippen MR) is 62.7 cm³/mol. The Morgan fingerprint density at radius 1 is 1.31 bits per heavy atom. The first-order valence-electron chi connectivity index (χ1n) is 6.36. The maximum atomic E-state index is 12.1. The number of aromatic nitrogens is 2. The number of hydrogen-bond acceptors (Lipinski definition) is 2. The molecule has 1 atom stereocenters. The van der Waals surface area contributed by atoms with Gasteiger partial charge >= 0.3 is 0 Å². The largest absolute Gasteiger partial charge is 0.316 e. The lowest BCUT2D eigenvalue weighted by Gasteiger charge is -2.08. The summed E-state index contributed by atoms with van der Waals surface area (Å²) in [7, 11) is 0. The van der Waals surface area contributed by atoms with Crippen molar-refractivity contribution in [2.24, 2.45) is 5.92 Å². The summed E-state index contributed by atoms with van der Waals surface area (Å²) in [5, 5.41) is 6.65. The van der Waals surface area contributed by atoms with E-state index in [1.54, 1.807) is 0 Å². The molecule has 1 aliphatic carbocycles. The Morgan fingerprint density at radius 2 is 2.19 bits per heavy atom. The minimum absolute atomic E-state index is 0.238. The first kappa shape index (κ1) is 10.1. The quantitative estimate of drug-likeness (QED) is 0.771. The van der Waals surface area contributed by atoms with E-state index in [1.807, 2.05) is 4.68 Å². The van der Waals surface area contributed by atoms with E-state index in [2.05, 4.69) is 10.4 Å². The molecule has 4 heteroatoms. The number of aryl methyl sites for hydroxylation is 1. The van der Waals surface area contributed by atoms with Crippen LogP contribution in [-0.4, -0.2) is 22.9 Å². The van der Waals surface area contributed by atoms with Gasteiger partial charge in [0.05, 0.1) is 0 Å². The third-order valence-corrected chi connectivity index (χ3v) is 3.84. The molecule has 16 heavy (non-hydrogen) atoms. The monoisotopic (exact) mass is 221 g/mol. The van der Waals surface area contributed by atoms with Crippen molar-refractivity contribution in [3.8, 4) is 0 Å². The van der Waals surface area contributed by atoms with Crippen LogP contribution in [0.5, 0.6) is 0 Å². The number of hydrogen-bond donors (Lipinski definition) is 2. The number of fused-ring (bicyclic) bond motifs is 1. The Bertz CT molecular complexity index is 426. The number of nitrogens with zero attached hydrogens (tertiary/aromatic N) is 1. The molecule has 0 bridgehead atoms. The summed E-state index contributed by atoms with van der Waals surface area (Å²) >= 11 is 0. The Labute approximate surface area is 95.0 Å². The van der Waals surface area contributed by atoms with Crippen LogP contribution in [0.3, 0.4) is 0 Å². The molecule has 0 aromatic carbocycles. The summed E-state index contributed by atoms with van der Waals surface area (Å²) in [4.78, 5) is 12.1. The van der Waals surface area contributed by atoms with Gasteiger partial charge in [-0.15, -0.1) is 0 Å². The zero-order valence-corrected chi connectivity index (χ0v) is 9.59. The van der Waals surface area contributed by atoms with Crippen LogP contribution in [-0.2, 0) is 19.4 Å². The van der Waals surface area contributed by atoms with Crippen molar-refractivity contribution in [3.05, 3.63) is 21.6 Å². The van der Waals surface area contributed by atoms with Gasteiger partial charge in [-0.05, 0) is 51.1 Å². The summed E-state index contributed by atoms with van der Waals surface area (Å²) in [6.07, 6.45) is 5.61. The van der Waals surface area contributed by atoms with Gasteiger partial charge in [-0.25, -0.2) is 0 Å². The standard InChI is InChI=1S/C12H19N3O/c16-12-10-3-1-2-4-11(10)14-15(12)8-9-5-6-13-7-9/h9,13-14H,1-8H2. The molecule has 3 rings (SSSR count). The van der Waals surface area contributed by atoms with Crippen LogP contribution in [0, 0.1) is 5.92 Å². The van der Waals surface area contributed by atoms with E-state index >= 15 is 0 Å². The topological polar surface area (TPSA) is 49.8 Å². The van der Waals surface area contributed by atoms with E-state index in [0.29, 0.717) is 5.92 Å². The normalized spacial score (nSPS) is 24.6. The van der Waals surface area contributed by atoms with E-state index in [-0.39, 0.29) is 5.56 Å². The summed E-state index contributed by atoms with van der Waals surface area (Å²) in [6.45, 7) is 3.01. The fourth-order valence-electron chi connectivity index (χ4n) is 2.90. The molecule has 0 saturated carbocycles. The highest BCUT2D eigenvalue weighted by atomic mass is 16.1. The van der Waals surface area contributed by atoms with Crippen molar-refractivity contribution in [1.29, 1.82) is 0 Å². The molecule has 0 amide bonds. The van der Waals surface area contributed by atoms with Gasteiger partial charge in [0, 0.05) is 17.8 Å². The second kappa shape index (κ2) is 4.09. The molecule has 1 aromatic heterocycles. The summed E-state index contributed by atoms with van der Waals surface area (Å²) in [5.41, 5.74) is 2.49. The second-order valence-corrected chi connectivity index (χ2v) is 5.05. The van der Waals surface area contributed by atoms with Crippen molar-refractivity contribution in [1.82, 2.24) is 15.1 Å². The van der Waals surface area contributed by atoms with Crippen molar-refractivity contribution >= 4 is 0 Å². The Hall–Kier alpha value is -1.03. The van der Waals surface area contributed by atoms with Crippen LogP contribution in [0.1, 0.15) is 30.5 Å². The molecule has 2 N–H and O–H groups in total. The van der Waals surface area contributed by atoms with Crippen LogP contribution >= 0.6 is 0 Å². The molecule has 0 radical (unpaired) electrons. The molecule has 2 heterocycles. The van der Waals surface area contributed by atoms with Gasteiger partial charge < -0.3 is 5.32 Å². The summed E-state index contributed by atoms with van der Waals surface area (Å²) in [5.74, 6) is 0.623. The van der Waals surface area contributed by atoms with E-state index < -0.39 is 0 Å². The molecule has 2 aliphatic rings. The molecule has 88 valence electrons. The first-order chi connectivity index (χ1) is 7.84. The smallest absolute Gasteiger partial charge is 0.269 e. The lowest BCUT2D eigenvalue weighted by Crippen LogP contribution is -2.24. The zero-order chi connectivity index (χ0) is 11.0. The van der Waals surface area contributed by atoms with Gasteiger partial charge in [-0.3, -0.25) is 14.6 Å². The Balaban J connectivity index is 1.84. The summed E-state index contributed by atoms with van der Waals surface area (Å²) < 4.78 is 1.84. The Kier molecular flexibility index (Phi) is 2.59. The van der Waals surface area contributed by atoms with Crippen LogP contribution in [0.25, 0.3) is 0 Å². The van der Waals surface area contributed by atoms with Crippen LogP contribution in [0.15, 0.2) is 4.79 Å². The fraction of sp³-hybridized carbons (Fsp3) is 0.750. The number of H-pyrrole nitrogens is 1. The fourth-order valence-corrected chi connectivity index (χ4v) is 2.90. The van der Waals surface area contributed by atoms with E-state index in [0.717, 1.165) is 38.0 Å². The lowest BCUT2D eigenvalue weighted by atomic mass is 9.98. The highest BCUT2D eigenvalue weighted by Gasteiger charge is 2.20. The minimum Gasteiger partial charge on any atom is -0.316 e. The maximum absolute atomic E-state index is 12.1. The first-order valence-corrected chi connectivity index (χ1v) is 6.36. The van der Waals surface area contributed by atoms with Crippen molar-refractivity contribution in [2.45, 2.75) is 38.6 Å². The number of aromatic amines is 1. The lowest BCUT2D eigenvalue weighted by molar-refractivity contribution is 0.439. The molecule has 0 spiro atoms. The molecular formula is C12H19N3O. The van der Waals surface area contributed by atoms with Crippen LogP contribution in [0.2, 0.25) is 0 Å².